The Kier molecular flexibility index (Phi) is 2.86. The van der Waals surface area contributed by atoms with E-state index in [0.29, 0.717) is 11.8 Å². The van der Waals surface area contributed by atoms with Crippen LogP contribution in [0.15, 0.2) is 18.2 Å². The van der Waals surface area contributed by atoms with Gasteiger partial charge >= 0.3 is 0 Å². The van der Waals surface area contributed by atoms with Crippen molar-refractivity contribution in [2.75, 3.05) is 6.61 Å². The first-order valence-electron chi connectivity index (χ1n) is 7.09. The third-order valence-electron chi connectivity index (χ3n) is 4.75. The molecule has 3 atom stereocenters. The van der Waals surface area contributed by atoms with E-state index in [2.05, 4.69) is 32.0 Å². The molecule has 2 nitrogen and oxygen atoms in total. The van der Waals surface area contributed by atoms with Gasteiger partial charge in [-0.1, -0.05) is 38.5 Å². The monoisotopic (exact) mass is 246 g/mol. The molecule has 0 saturated heterocycles. The fourth-order valence-electron chi connectivity index (χ4n) is 3.54. The minimum absolute atomic E-state index is 0.310. The number of hydrogen-bond acceptors (Lipinski definition) is 2. The van der Waals surface area contributed by atoms with Crippen LogP contribution < -0.4 is 4.74 Å². The maximum Gasteiger partial charge on any atom is 0.128 e. The van der Waals surface area contributed by atoms with E-state index in [1.807, 2.05) is 0 Å². The second kappa shape index (κ2) is 4.27. The zero-order chi connectivity index (χ0) is 12.8. The van der Waals surface area contributed by atoms with Gasteiger partial charge in [-0.15, -0.1) is 0 Å². The van der Waals surface area contributed by atoms with Crippen molar-refractivity contribution in [1.82, 2.24) is 0 Å². The quantitative estimate of drug-likeness (QED) is 0.824. The summed E-state index contributed by atoms with van der Waals surface area (Å²) in [7, 11) is 0. The molecular formula is C16H22O2. The van der Waals surface area contributed by atoms with Crippen LogP contribution in [0, 0.1) is 11.8 Å². The zero-order valence-corrected chi connectivity index (χ0v) is 11.3. The van der Waals surface area contributed by atoms with E-state index in [9.17, 15) is 5.11 Å². The van der Waals surface area contributed by atoms with Crippen molar-refractivity contribution in [2.24, 2.45) is 11.8 Å². The van der Waals surface area contributed by atoms with Gasteiger partial charge in [-0.3, -0.25) is 0 Å². The Labute approximate surface area is 109 Å². The van der Waals surface area contributed by atoms with Gasteiger partial charge in [0.2, 0.25) is 0 Å². The fourth-order valence-corrected chi connectivity index (χ4v) is 3.54. The molecule has 0 spiro atoms. The number of aliphatic hydroxyl groups is 1. The molecule has 3 unspecified atom stereocenters. The third kappa shape index (κ3) is 1.74. The van der Waals surface area contributed by atoms with E-state index in [1.165, 1.54) is 12.0 Å². The molecule has 1 aliphatic carbocycles. The lowest BCUT2D eigenvalue weighted by atomic mass is 9.68. The second-order valence-electron chi connectivity index (χ2n) is 6.10. The molecule has 98 valence electrons. The van der Waals surface area contributed by atoms with Crippen LogP contribution in [-0.2, 0) is 12.0 Å². The van der Waals surface area contributed by atoms with E-state index in [-0.39, 0.29) is 0 Å². The zero-order valence-electron chi connectivity index (χ0n) is 11.3. The third-order valence-corrected chi connectivity index (χ3v) is 4.75. The Hall–Kier alpha value is -1.02. The largest absolute Gasteiger partial charge is 0.493 e. The predicted molar refractivity (Wildman–Crippen MR) is 71.7 cm³/mol. The number of ether oxygens (including phenoxy) is 1. The Balaban J connectivity index is 2.05. The van der Waals surface area contributed by atoms with Crippen molar-refractivity contribution in [3.63, 3.8) is 0 Å². The molecular weight excluding hydrogens is 224 g/mol. The number of rotatable bonds is 1. The highest BCUT2D eigenvalue weighted by molar-refractivity contribution is 5.47. The Morgan fingerprint density at radius 2 is 2.11 bits per heavy atom. The van der Waals surface area contributed by atoms with Crippen molar-refractivity contribution in [1.29, 1.82) is 0 Å². The summed E-state index contributed by atoms with van der Waals surface area (Å²) >= 11 is 0. The van der Waals surface area contributed by atoms with Gasteiger partial charge in [0.05, 0.1) is 12.2 Å². The summed E-state index contributed by atoms with van der Waals surface area (Å²) in [5.74, 6) is 1.86. The summed E-state index contributed by atoms with van der Waals surface area (Å²) in [6.07, 6.45) is 4.15. The Bertz CT molecular complexity index is 454. The molecule has 0 radical (unpaired) electrons. The van der Waals surface area contributed by atoms with Gasteiger partial charge in [0.25, 0.3) is 0 Å². The predicted octanol–water partition coefficient (Wildman–Crippen LogP) is 3.27. The van der Waals surface area contributed by atoms with Crippen LogP contribution in [0.25, 0.3) is 0 Å². The van der Waals surface area contributed by atoms with Gasteiger partial charge in [0.15, 0.2) is 0 Å². The summed E-state index contributed by atoms with van der Waals surface area (Å²) in [5.41, 5.74) is 1.58. The highest BCUT2D eigenvalue weighted by atomic mass is 16.5. The van der Waals surface area contributed by atoms with Gasteiger partial charge in [-0.05, 0) is 30.2 Å². The summed E-state index contributed by atoms with van der Waals surface area (Å²) < 4.78 is 5.77. The van der Waals surface area contributed by atoms with E-state index >= 15 is 0 Å². The van der Waals surface area contributed by atoms with E-state index in [4.69, 9.17) is 4.74 Å². The summed E-state index contributed by atoms with van der Waals surface area (Å²) in [6.45, 7) is 5.16. The first kappa shape index (κ1) is 12.0. The molecule has 2 aliphatic rings. The minimum Gasteiger partial charge on any atom is -0.493 e. The number of hydrogen-bond donors (Lipinski definition) is 1. The van der Waals surface area contributed by atoms with Crippen LogP contribution in [0.2, 0.25) is 0 Å². The lowest BCUT2D eigenvalue weighted by molar-refractivity contribution is -0.0641. The van der Waals surface area contributed by atoms with Gasteiger partial charge in [-0.2, -0.15) is 0 Å². The summed E-state index contributed by atoms with van der Waals surface area (Å²) in [4.78, 5) is 0. The molecule has 0 amide bonds. The standard InChI is InChI=1S/C16H22O2/c1-11-6-7-12(2)16(17,10-11)14-5-3-4-13-8-9-18-15(13)14/h3-5,11-12,17H,6-10H2,1-2H3. The topological polar surface area (TPSA) is 29.5 Å². The average molecular weight is 246 g/mol. The molecule has 1 heterocycles. The highest BCUT2D eigenvalue weighted by Crippen LogP contribution is 2.48. The van der Waals surface area contributed by atoms with Crippen LogP contribution >= 0.6 is 0 Å². The smallest absolute Gasteiger partial charge is 0.128 e. The van der Waals surface area contributed by atoms with Crippen molar-refractivity contribution >= 4 is 0 Å². The lowest BCUT2D eigenvalue weighted by Crippen LogP contribution is -2.39. The van der Waals surface area contributed by atoms with Gasteiger partial charge < -0.3 is 9.84 Å². The average Bonchev–Trinajstić information content (AvgIpc) is 2.82. The molecule has 1 aromatic carbocycles. The number of fused-ring (bicyclic) bond motifs is 1. The van der Waals surface area contributed by atoms with Crippen LogP contribution in [0.1, 0.15) is 44.2 Å². The summed E-state index contributed by atoms with van der Waals surface area (Å²) in [6, 6.07) is 6.23. The molecule has 1 aliphatic heterocycles. The number of benzene rings is 1. The Morgan fingerprint density at radius 3 is 2.94 bits per heavy atom. The molecule has 0 aromatic heterocycles. The Morgan fingerprint density at radius 1 is 1.28 bits per heavy atom. The van der Waals surface area contributed by atoms with Gasteiger partial charge in [0.1, 0.15) is 5.75 Å². The number of para-hydroxylation sites is 1. The minimum atomic E-state index is -0.701. The maximum absolute atomic E-state index is 11.2. The summed E-state index contributed by atoms with van der Waals surface area (Å²) in [5, 5.41) is 11.2. The van der Waals surface area contributed by atoms with Crippen LogP contribution in [0.4, 0.5) is 0 Å². The molecule has 1 fully saturated rings. The van der Waals surface area contributed by atoms with Crippen molar-refractivity contribution < 1.29 is 9.84 Å². The molecule has 18 heavy (non-hydrogen) atoms. The van der Waals surface area contributed by atoms with Gasteiger partial charge in [0, 0.05) is 12.0 Å². The molecule has 1 saturated carbocycles. The van der Waals surface area contributed by atoms with E-state index in [1.54, 1.807) is 0 Å². The second-order valence-corrected chi connectivity index (χ2v) is 6.10. The normalized spacial score (nSPS) is 35.1. The van der Waals surface area contributed by atoms with Crippen LogP contribution in [0.3, 0.4) is 0 Å². The molecule has 1 N–H and O–H groups in total. The molecule has 0 bridgehead atoms. The molecule has 1 aromatic rings. The highest BCUT2D eigenvalue weighted by Gasteiger charge is 2.42. The van der Waals surface area contributed by atoms with E-state index in [0.717, 1.165) is 37.2 Å². The SMILES string of the molecule is CC1CCC(C)C(O)(c2cccc3c2OCC3)C1. The van der Waals surface area contributed by atoms with Crippen molar-refractivity contribution in [3.8, 4) is 5.75 Å². The first-order chi connectivity index (χ1) is 8.61. The van der Waals surface area contributed by atoms with Gasteiger partial charge in [-0.25, -0.2) is 0 Å². The van der Waals surface area contributed by atoms with Crippen LogP contribution in [-0.4, -0.2) is 11.7 Å². The maximum atomic E-state index is 11.2. The van der Waals surface area contributed by atoms with Crippen molar-refractivity contribution in [2.45, 2.75) is 45.1 Å². The van der Waals surface area contributed by atoms with E-state index < -0.39 is 5.60 Å². The molecule has 3 rings (SSSR count). The fraction of sp³-hybridized carbons (Fsp3) is 0.625. The first-order valence-corrected chi connectivity index (χ1v) is 7.09. The molecule has 2 heteroatoms. The van der Waals surface area contributed by atoms with Crippen LogP contribution in [0.5, 0.6) is 5.75 Å². The lowest BCUT2D eigenvalue weighted by Gasteiger charge is -2.42. The van der Waals surface area contributed by atoms with Crippen molar-refractivity contribution in [3.05, 3.63) is 29.3 Å².